The van der Waals surface area contributed by atoms with E-state index in [1.165, 1.54) is 12.1 Å². The normalized spacial score (nSPS) is 11.7. The summed E-state index contributed by atoms with van der Waals surface area (Å²) < 4.78 is 12.8. The number of aryl methyl sites for hydroxylation is 1. The highest BCUT2D eigenvalue weighted by molar-refractivity contribution is 6.02. The van der Waals surface area contributed by atoms with Crippen LogP contribution >= 0.6 is 0 Å². The summed E-state index contributed by atoms with van der Waals surface area (Å²) in [7, 11) is 0. The third-order valence-electron chi connectivity index (χ3n) is 2.70. The van der Waals surface area contributed by atoms with E-state index in [1.54, 1.807) is 6.92 Å². The molecule has 0 aliphatic heterocycles. The molecule has 0 bridgehead atoms. The number of hydrogen-bond acceptors (Lipinski definition) is 4. The molecule has 2 aromatic heterocycles. The molecule has 5 nitrogen and oxygen atoms in total. The molecule has 0 saturated heterocycles. The van der Waals surface area contributed by atoms with Gasteiger partial charge in [0.15, 0.2) is 11.7 Å². The monoisotopic (exact) mass is 271 g/mol. The second-order valence-corrected chi connectivity index (χ2v) is 4.24. The number of halogens is 1. The molecular weight excluding hydrogens is 261 g/mol. The number of rotatable bonds is 3. The molecular formula is C14H10FN3O2. The molecule has 2 rings (SSSR count). The molecule has 1 atom stereocenters. The van der Waals surface area contributed by atoms with Crippen molar-refractivity contribution in [3.63, 3.8) is 0 Å². The van der Waals surface area contributed by atoms with Crippen molar-refractivity contribution in [1.82, 2.24) is 9.97 Å². The van der Waals surface area contributed by atoms with Crippen molar-refractivity contribution in [2.24, 2.45) is 0 Å². The van der Waals surface area contributed by atoms with E-state index in [1.807, 2.05) is 6.07 Å². The molecule has 0 aliphatic carbocycles. The van der Waals surface area contributed by atoms with Gasteiger partial charge in [-0.25, -0.2) is 4.39 Å². The Morgan fingerprint density at radius 3 is 2.75 bits per heavy atom. The van der Waals surface area contributed by atoms with Crippen molar-refractivity contribution in [2.75, 3.05) is 0 Å². The van der Waals surface area contributed by atoms with E-state index < -0.39 is 23.1 Å². The highest BCUT2D eigenvalue weighted by atomic mass is 19.1. The molecule has 0 spiro atoms. The number of carbonyl (C=O) groups excluding carboxylic acids is 1. The summed E-state index contributed by atoms with van der Waals surface area (Å²) in [5.74, 6) is -2.26. The van der Waals surface area contributed by atoms with Crippen LogP contribution in [0.1, 0.15) is 27.7 Å². The number of aromatic amines is 1. The zero-order valence-corrected chi connectivity index (χ0v) is 10.6. The molecule has 0 aliphatic rings. The Bertz CT molecular complexity index is 744. The minimum absolute atomic E-state index is 0.129. The summed E-state index contributed by atoms with van der Waals surface area (Å²) in [6.45, 7) is 1.63. The lowest BCUT2D eigenvalue weighted by Gasteiger charge is -2.08. The SMILES string of the molecule is Cc1cc(C(=O)[C@H](C#N)c2ccc(F)cn2)cc(=O)[nH]1. The molecule has 100 valence electrons. The molecule has 0 aromatic carbocycles. The Balaban J connectivity index is 2.42. The van der Waals surface area contributed by atoms with Crippen LogP contribution < -0.4 is 5.56 Å². The van der Waals surface area contributed by atoms with Gasteiger partial charge in [-0.2, -0.15) is 5.26 Å². The molecule has 0 amide bonds. The number of carbonyl (C=O) groups is 1. The number of pyridine rings is 2. The lowest BCUT2D eigenvalue weighted by molar-refractivity contribution is 0.0977. The van der Waals surface area contributed by atoms with E-state index in [0.29, 0.717) is 5.69 Å². The first-order valence-electron chi connectivity index (χ1n) is 5.77. The van der Waals surface area contributed by atoms with Crippen LogP contribution in [0.5, 0.6) is 0 Å². The van der Waals surface area contributed by atoms with Gasteiger partial charge in [0.1, 0.15) is 5.82 Å². The lowest BCUT2D eigenvalue weighted by Crippen LogP contribution is -2.17. The fraction of sp³-hybridized carbons (Fsp3) is 0.143. The van der Waals surface area contributed by atoms with E-state index >= 15 is 0 Å². The first-order chi connectivity index (χ1) is 9.51. The van der Waals surface area contributed by atoms with Crippen molar-refractivity contribution in [1.29, 1.82) is 5.26 Å². The van der Waals surface area contributed by atoms with Crippen LogP contribution in [0.3, 0.4) is 0 Å². The van der Waals surface area contributed by atoms with Crippen LogP contribution in [-0.2, 0) is 0 Å². The first kappa shape index (κ1) is 13.6. The number of aromatic nitrogens is 2. The highest BCUT2D eigenvalue weighted by Gasteiger charge is 2.23. The number of H-pyrrole nitrogens is 1. The van der Waals surface area contributed by atoms with Gasteiger partial charge in [0, 0.05) is 17.3 Å². The summed E-state index contributed by atoms with van der Waals surface area (Å²) in [5.41, 5.74) is 0.377. The predicted molar refractivity (Wildman–Crippen MR) is 68.7 cm³/mol. The fourth-order valence-corrected chi connectivity index (χ4v) is 1.81. The second-order valence-electron chi connectivity index (χ2n) is 4.24. The lowest BCUT2D eigenvalue weighted by atomic mass is 9.95. The first-order valence-corrected chi connectivity index (χ1v) is 5.77. The molecule has 2 aromatic rings. The van der Waals surface area contributed by atoms with Gasteiger partial charge in [-0.1, -0.05) is 0 Å². The number of Topliss-reactive ketones (excluding diaryl/α,β-unsaturated/α-hetero) is 1. The van der Waals surface area contributed by atoms with Crippen LogP contribution in [0.2, 0.25) is 0 Å². The van der Waals surface area contributed by atoms with Crippen molar-refractivity contribution >= 4 is 5.78 Å². The van der Waals surface area contributed by atoms with Gasteiger partial charge < -0.3 is 4.98 Å². The Hall–Kier alpha value is -2.81. The van der Waals surface area contributed by atoms with Gasteiger partial charge in [-0.15, -0.1) is 0 Å². The Morgan fingerprint density at radius 1 is 1.45 bits per heavy atom. The molecule has 0 saturated carbocycles. The van der Waals surface area contributed by atoms with Crippen molar-refractivity contribution in [3.8, 4) is 6.07 Å². The number of nitriles is 1. The quantitative estimate of drug-likeness (QED) is 0.861. The maximum atomic E-state index is 12.8. The maximum absolute atomic E-state index is 12.8. The third kappa shape index (κ3) is 2.78. The van der Waals surface area contributed by atoms with Crippen molar-refractivity contribution in [3.05, 3.63) is 63.6 Å². The number of ketones is 1. The van der Waals surface area contributed by atoms with Crippen LogP contribution in [0, 0.1) is 24.1 Å². The van der Waals surface area contributed by atoms with Gasteiger partial charge in [-0.3, -0.25) is 14.6 Å². The molecule has 2 heterocycles. The summed E-state index contributed by atoms with van der Waals surface area (Å²) in [6.07, 6.45) is 0.940. The van der Waals surface area contributed by atoms with Crippen LogP contribution in [-0.4, -0.2) is 15.8 Å². The number of hydrogen-bond donors (Lipinski definition) is 1. The Labute approximate surface area is 113 Å². The Kier molecular flexibility index (Phi) is 3.71. The minimum atomic E-state index is -1.17. The van der Waals surface area contributed by atoms with E-state index in [4.69, 9.17) is 5.26 Å². The largest absolute Gasteiger partial charge is 0.326 e. The molecule has 6 heteroatoms. The van der Waals surface area contributed by atoms with Crippen LogP contribution in [0.15, 0.2) is 35.3 Å². The number of nitrogens with zero attached hydrogens (tertiary/aromatic N) is 2. The highest BCUT2D eigenvalue weighted by Crippen LogP contribution is 2.18. The number of nitrogens with one attached hydrogen (secondary N) is 1. The minimum Gasteiger partial charge on any atom is -0.326 e. The molecule has 0 radical (unpaired) electrons. The van der Waals surface area contributed by atoms with E-state index in [-0.39, 0.29) is 11.3 Å². The smallest absolute Gasteiger partial charge is 0.248 e. The fourth-order valence-electron chi connectivity index (χ4n) is 1.81. The average Bonchev–Trinajstić information content (AvgIpc) is 2.40. The topological polar surface area (TPSA) is 86.6 Å². The van der Waals surface area contributed by atoms with Crippen LogP contribution in [0.4, 0.5) is 4.39 Å². The standard InChI is InChI=1S/C14H10FN3O2/c1-8-4-9(5-13(19)18-8)14(20)11(6-16)12-3-2-10(15)7-17-12/h2-5,7,11H,1H3,(H,18,19)/t11-/m1/s1. The van der Waals surface area contributed by atoms with Gasteiger partial charge in [0.05, 0.1) is 18.0 Å². The van der Waals surface area contributed by atoms with E-state index in [0.717, 1.165) is 18.3 Å². The summed E-state index contributed by atoms with van der Waals surface area (Å²) in [5, 5.41) is 9.13. The summed E-state index contributed by atoms with van der Waals surface area (Å²) >= 11 is 0. The van der Waals surface area contributed by atoms with Crippen LogP contribution in [0.25, 0.3) is 0 Å². The molecule has 0 unspecified atom stereocenters. The van der Waals surface area contributed by atoms with Crippen molar-refractivity contribution in [2.45, 2.75) is 12.8 Å². The average molecular weight is 271 g/mol. The third-order valence-corrected chi connectivity index (χ3v) is 2.70. The summed E-state index contributed by atoms with van der Waals surface area (Å²) in [6, 6.07) is 6.85. The Morgan fingerprint density at radius 2 is 2.20 bits per heavy atom. The summed E-state index contributed by atoms with van der Waals surface area (Å²) in [4.78, 5) is 29.9. The predicted octanol–water partition coefficient (Wildman–Crippen LogP) is 1.71. The zero-order chi connectivity index (χ0) is 14.7. The zero-order valence-electron chi connectivity index (χ0n) is 10.6. The van der Waals surface area contributed by atoms with Gasteiger partial charge >= 0.3 is 0 Å². The molecule has 20 heavy (non-hydrogen) atoms. The molecule has 0 fully saturated rings. The molecule has 1 N–H and O–H groups in total. The maximum Gasteiger partial charge on any atom is 0.248 e. The van der Waals surface area contributed by atoms with Gasteiger partial charge in [-0.05, 0) is 25.1 Å². The van der Waals surface area contributed by atoms with Crippen molar-refractivity contribution < 1.29 is 9.18 Å². The van der Waals surface area contributed by atoms with Gasteiger partial charge in [0.2, 0.25) is 5.56 Å². The van der Waals surface area contributed by atoms with E-state index in [2.05, 4.69) is 9.97 Å². The van der Waals surface area contributed by atoms with E-state index in [9.17, 15) is 14.0 Å². The van der Waals surface area contributed by atoms with Gasteiger partial charge in [0.25, 0.3) is 0 Å². The second kappa shape index (κ2) is 5.45.